The van der Waals surface area contributed by atoms with Gasteiger partial charge >= 0.3 is 0 Å². The Balaban J connectivity index is 2.89. The van der Waals surface area contributed by atoms with E-state index in [-0.39, 0.29) is 0 Å². The summed E-state index contributed by atoms with van der Waals surface area (Å²) < 4.78 is 19.8. The summed E-state index contributed by atoms with van der Waals surface area (Å²) in [6.07, 6.45) is 0. The van der Waals surface area contributed by atoms with Crippen LogP contribution in [0.2, 0.25) is 0 Å². The molecule has 2 heteroatoms. The third-order valence-electron chi connectivity index (χ3n) is 0.996. The summed E-state index contributed by atoms with van der Waals surface area (Å²) in [7, 11) is 0. The van der Waals surface area contributed by atoms with E-state index in [1.165, 1.54) is 0 Å². The van der Waals surface area contributed by atoms with Gasteiger partial charge in [-0.1, -0.05) is 28.1 Å². The molecule has 1 aromatic rings. The molecule has 0 fully saturated rings. The van der Waals surface area contributed by atoms with Crippen LogP contribution in [0.15, 0.2) is 28.7 Å². The molecule has 1 rings (SSSR count). The molecule has 9 heavy (non-hydrogen) atoms. The van der Waals surface area contributed by atoms with Gasteiger partial charge in [0, 0.05) is 4.47 Å². The summed E-state index contributed by atoms with van der Waals surface area (Å²) in [5, 5.41) is 0. The van der Waals surface area contributed by atoms with Crippen LogP contribution in [0.1, 0.15) is 6.93 Å². The Kier molecular flexibility index (Phi) is 1.79. The first kappa shape index (κ1) is 5.42. The standard InChI is InChI=1S/C7H6BrF/c8-7-3-1-6(5-9)2-4-7/h1-4H,5H2/i5D. The van der Waals surface area contributed by atoms with Crippen LogP contribution in [-0.2, 0) is 6.65 Å². The van der Waals surface area contributed by atoms with Crippen molar-refractivity contribution in [1.82, 2.24) is 0 Å². The fourth-order valence-electron chi connectivity index (χ4n) is 0.536. The topological polar surface area (TPSA) is 0 Å². The normalized spacial score (nSPS) is 14.7. The van der Waals surface area contributed by atoms with Crippen molar-refractivity contribution in [2.24, 2.45) is 0 Å². The third kappa shape index (κ3) is 1.79. The van der Waals surface area contributed by atoms with Gasteiger partial charge in [0.25, 0.3) is 0 Å². The second-order valence-corrected chi connectivity index (χ2v) is 2.58. The molecule has 0 saturated carbocycles. The Morgan fingerprint density at radius 2 is 2.00 bits per heavy atom. The predicted octanol–water partition coefficient (Wildman–Crippen LogP) is 2.92. The van der Waals surface area contributed by atoms with Gasteiger partial charge in [-0.25, -0.2) is 4.39 Å². The van der Waals surface area contributed by atoms with Gasteiger partial charge in [-0.05, 0) is 17.7 Å². The number of hydrogen-bond acceptors (Lipinski definition) is 0. The lowest BCUT2D eigenvalue weighted by Crippen LogP contribution is -1.74. The van der Waals surface area contributed by atoms with Crippen LogP contribution in [0.5, 0.6) is 0 Å². The van der Waals surface area contributed by atoms with Gasteiger partial charge < -0.3 is 0 Å². The van der Waals surface area contributed by atoms with Gasteiger partial charge in [0.2, 0.25) is 0 Å². The fraction of sp³-hybridized carbons (Fsp3) is 0.143. The van der Waals surface area contributed by atoms with E-state index in [1.807, 2.05) is 0 Å². The lowest BCUT2D eigenvalue weighted by molar-refractivity contribution is 0.485. The molecule has 0 aliphatic heterocycles. The molecular formula is C7H6BrF. The average molecular weight is 190 g/mol. The molecule has 1 atom stereocenters. The number of alkyl halides is 1. The molecule has 0 radical (unpaired) electrons. The lowest BCUT2D eigenvalue weighted by Gasteiger charge is -1.91. The molecule has 1 unspecified atom stereocenters. The summed E-state index contributed by atoms with van der Waals surface area (Å²) >= 11 is 3.21. The Labute approximate surface area is 63.2 Å². The molecule has 0 bridgehead atoms. The van der Waals surface area contributed by atoms with E-state index in [1.54, 1.807) is 24.3 Å². The number of rotatable bonds is 1. The van der Waals surface area contributed by atoms with Crippen LogP contribution in [0.25, 0.3) is 0 Å². The van der Waals surface area contributed by atoms with E-state index >= 15 is 0 Å². The summed E-state index contributed by atoms with van der Waals surface area (Å²) in [5.74, 6) is 0. The Hall–Kier alpha value is -0.370. The van der Waals surface area contributed by atoms with Crippen molar-refractivity contribution in [2.45, 2.75) is 6.65 Å². The van der Waals surface area contributed by atoms with E-state index in [0.29, 0.717) is 5.56 Å². The molecule has 0 saturated heterocycles. The summed E-state index contributed by atoms with van der Waals surface area (Å²) in [4.78, 5) is 0. The molecule has 0 aliphatic carbocycles. The van der Waals surface area contributed by atoms with Crippen molar-refractivity contribution >= 4 is 15.9 Å². The maximum atomic E-state index is 12.2. The first-order chi connectivity index (χ1) is 4.70. The molecular weight excluding hydrogens is 183 g/mol. The van der Waals surface area contributed by atoms with Crippen molar-refractivity contribution in [1.29, 1.82) is 0 Å². The second-order valence-electron chi connectivity index (χ2n) is 1.66. The molecule has 1 aromatic carbocycles. The lowest BCUT2D eigenvalue weighted by atomic mass is 10.2. The minimum atomic E-state index is -1.62. The van der Waals surface area contributed by atoms with Crippen molar-refractivity contribution < 1.29 is 5.76 Å². The van der Waals surface area contributed by atoms with E-state index in [2.05, 4.69) is 15.9 Å². The quantitative estimate of drug-likeness (QED) is 0.638. The zero-order valence-corrected chi connectivity index (χ0v) is 6.23. The molecule has 0 heterocycles. The van der Waals surface area contributed by atoms with Crippen LogP contribution in [0, 0.1) is 0 Å². The molecule has 0 aliphatic rings. The average Bonchev–Trinajstić information content (AvgIpc) is 1.88. The van der Waals surface area contributed by atoms with Crippen molar-refractivity contribution in [2.75, 3.05) is 0 Å². The summed E-state index contributed by atoms with van der Waals surface area (Å²) in [5.41, 5.74) is 0.392. The van der Waals surface area contributed by atoms with Crippen LogP contribution in [-0.4, -0.2) is 0 Å². The minimum absolute atomic E-state index is 0.392. The highest BCUT2D eigenvalue weighted by molar-refractivity contribution is 9.10. The molecule has 0 N–H and O–H groups in total. The Morgan fingerprint density at radius 1 is 1.44 bits per heavy atom. The van der Waals surface area contributed by atoms with Crippen LogP contribution in [0.3, 0.4) is 0 Å². The number of hydrogen-bond donors (Lipinski definition) is 0. The Morgan fingerprint density at radius 3 is 2.44 bits per heavy atom. The van der Waals surface area contributed by atoms with Crippen LogP contribution < -0.4 is 0 Å². The SMILES string of the molecule is [2H]C(F)c1ccc(Br)cc1. The van der Waals surface area contributed by atoms with Gasteiger partial charge in [-0.3, -0.25) is 0 Å². The zero-order chi connectivity index (χ0) is 7.56. The summed E-state index contributed by atoms with van der Waals surface area (Å²) in [6.45, 7) is -1.62. The maximum absolute atomic E-state index is 12.2. The van der Waals surface area contributed by atoms with Crippen molar-refractivity contribution in [3.63, 3.8) is 0 Å². The van der Waals surface area contributed by atoms with Crippen molar-refractivity contribution in [3.8, 4) is 0 Å². The highest BCUT2D eigenvalue weighted by Crippen LogP contribution is 2.10. The van der Waals surface area contributed by atoms with E-state index < -0.39 is 6.65 Å². The van der Waals surface area contributed by atoms with Crippen molar-refractivity contribution in [3.05, 3.63) is 34.3 Å². The molecule has 48 valence electrons. The highest BCUT2D eigenvalue weighted by atomic mass is 79.9. The van der Waals surface area contributed by atoms with Gasteiger partial charge in [0.05, 0.1) is 1.37 Å². The number of halogens is 2. The zero-order valence-electron chi connectivity index (χ0n) is 5.64. The molecule has 0 nitrogen and oxygen atoms in total. The predicted molar refractivity (Wildman–Crippen MR) is 39.0 cm³/mol. The van der Waals surface area contributed by atoms with Gasteiger partial charge in [-0.15, -0.1) is 0 Å². The molecule has 0 aromatic heterocycles. The first-order valence-corrected chi connectivity index (χ1v) is 3.31. The molecule has 0 amide bonds. The van der Waals surface area contributed by atoms with Gasteiger partial charge in [0.15, 0.2) is 0 Å². The molecule has 0 spiro atoms. The monoisotopic (exact) mass is 189 g/mol. The first-order valence-electron chi connectivity index (χ1n) is 3.09. The Bertz CT molecular complexity index is 207. The minimum Gasteiger partial charge on any atom is -0.246 e. The van der Waals surface area contributed by atoms with E-state index in [0.717, 1.165) is 4.47 Å². The van der Waals surface area contributed by atoms with Gasteiger partial charge in [0.1, 0.15) is 6.65 Å². The second kappa shape index (κ2) is 2.97. The number of benzene rings is 1. The maximum Gasteiger partial charge on any atom is 0.115 e. The van der Waals surface area contributed by atoms with E-state index in [4.69, 9.17) is 1.37 Å². The summed E-state index contributed by atoms with van der Waals surface area (Å²) in [6, 6.07) is 6.61. The van der Waals surface area contributed by atoms with E-state index in [9.17, 15) is 4.39 Å². The highest BCUT2D eigenvalue weighted by Gasteiger charge is 1.88. The third-order valence-corrected chi connectivity index (χ3v) is 1.52. The van der Waals surface area contributed by atoms with Crippen LogP contribution >= 0.6 is 15.9 Å². The van der Waals surface area contributed by atoms with Crippen LogP contribution in [0.4, 0.5) is 4.39 Å². The largest absolute Gasteiger partial charge is 0.246 e. The fourth-order valence-corrected chi connectivity index (χ4v) is 0.800. The van der Waals surface area contributed by atoms with Gasteiger partial charge in [-0.2, -0.15) is 0 Å². The smallest absolute Gasteiger partial charge is 0.115 e.